The topological polar surface area (TPSA) is 30.8 Å². The molecule has 0 amide bonds. The Balaban J connectivity index is 2.46. The van der Waals surface area contributed by atoms with Crippen molar-refractivity contribution in [2.45, 2.75) is 12.2 Å². The van der Waals surface area contributed by atoms with Gasteiger partial charge in [0.1, 0.15) is 18.4 Å². The van der Waals surface area contributed by atoms with E-state index < -0.39 is 17.8 Å². The minimum Gasteiger partial charge on any atom is -0.497 e. The fraction of sp³-hybridized carbons (Fsp3) is 0.364. The van der Waals surface area contributed by atoms with Crippen LogP contribution in [0.4, 0.5) is 13.2 Å². The number of hydrogen-bond donors (Lipinski definition) is 0. The second-order valence-corrected chi connectivity index (χ2v) is 3.55. The van der Waals surface area contributed by atoms with Gasteiger partial charge < -0.3 is 9.47 Å². The lowest BCUT2D eigenvalue weighted by Crippen LogP contribution is -2.12. The molecule has 0 saturated heterocycles. The van der Waals surface area contributed by atoms with Crippen molar-refractivity contribution in [1.82, 2.24) is 0 Å². The number of hydrogen-bond acceptors (Lipinski definition) is 3. The van der Waals surface area contributed by atoms with Crippen LogP contribution in [-0.2, 0) is 10.9 Å². The zero-order chi connectivity index (χ0) is 12.5. The van der Waals surface area contributed by atoms with E-state index in [1.54, 1.807) is 0 Å². The predicted molar refractivity (Wildman–Crippen MR) is 55.2 cm³/mol. The number of methoxy groups -OCH3 is 1. The van der Waals surface area contributed by atoms with Crippen molar-refractivity contribution < 1.29 is 22.6 Å². The molecular formula is C11H10F3NO2. The van der Waals surface area contributed by atoms with Gasteiger partial charge in [-0.2, -0.15) is 13.2 Å². The molecule has 1 aliphatic rings. The van der Waals surface area contributed by atoms with Gasteiger partial charge in [0.15, 0.2) is 6.40 Å². The predicted octanol–water partition coefficient (Wildman–Crippen LogP) is 2.81. The minimum atomic E-state index is -4.43. The van der Waals surface area contributed by atoms with Crippen LogP contribution in [0.25, 0.3) is 0 Å². The van der Waals surface area contributed by atoms with E-state index in [4.69, 9.17) is 9.47 Å². The van der Waals surface area contributed by atoms with Crippen molar-refractivity contribution >= 4 is 6.40 Å². The maximum atomic E-state index is 12.9. The van der Waals surface area contributed by atoms with E-state index in [0.717, 1.165) is 6.07 Å². The highest BCUT2D eigenvalue weighted by molar-refractivity contribution is 5.51. The maximum absolute atomic E-state index is 12.9. The zero-order valence-corrected chi connectivity index (χ0v) is 8.99. The molecular weight excluding hydrogens is 235 g/mol. The Morgan fingerprint density at radius 2 is 2.18 bits per heavy atom. The number of halogens is 3. The van der Waals surface area contributed by atoms with Gasteiger partial charge in [-0.15, -0.1) is 0 Å². The summed E-state index contributed by atoms with van der Waals surface area (Å²) in [7, 11) is 1.33. The van der Waals surface area contributed by atoms with Crippen LogP contribution < -0.4 is 4.74 Å². The molecule has 1 heterocycles. The molecule has 1 atom stereocenters. The summed E-state index contributed by atoms with van der Waals surface area (Å²) < 4.78 is 48.3. The number of ether oxygens (including phenoxy) is 2. The van der Waals surface area contributed by atoms with E-state index in [0.29, 0.717) is 0 Å². The summed E-state index contributed by atoms with van der Waals surface area (Å²) in [6.07, 6.45) is -3.25. The van der Waals surface area contributed by atoms with Crippen LogP contribution in [0.2, 0.25) is 0 Å². The van der Waals surface area contributed by atoms with Crippen molar-refractivity contribution in [1.29, 1.82) is 0 Å². The third-order valence-corrected chi connectivity index (χ3v) is 2.49. The Bertz CT molecular complexity index is 443. The number of alkyl halides is 3. The Labute approximate surface area is 95.9 Å². The van der Waals surface area contributed by atoms with E-state index in [1.165, 1.54) is 25.6 Å². The molecule has 17 heavy (non-hydrogen) atoms. The first-order chi connectivity index (χ1) is 8.02. The highest BCUT2D eigenvalue weighted by atomic mass is 19.4. The van der Waals surface area contributed by atoms with E-state index in [1.807, 2.05) is 0 Å². The second kappa shape index (κ2) is 4.27. The largest absolute Gasteiger partial charge is 0.497 e. The van der Waals surface area contributed by atoms with Gasteiger partial charge in [0.05, 0.1) is 12.7 Å². The molecule has 0 N–H and O–H groups in total. The SMILES string of the molecule is COc1ccc(C2COC=N2)c(C(F)(F)F)c1. The monoisotopic (exact) mass is 245 g/mol. The summed E-state index contributed by atoms with van der Waals surface area (Å²) in [6, 6.07) is 3.23. The summed E-state index contributed by atoms with van der Waals surface area (Å²) in [5, 5.41) is 0. The molecule has 1 aromatic carbocycles. The first-order valence-electron chi connectivity index (χ1n) is 4.91. The Morgan fingerprint density at radius 1 is 1.41 bits per heavy atom. The first kappa shape index (κ1) is 11.8. The minimum absolute atomic E-state index is 0.104. The molecule has 0 bridgehead atoms. The highest BCUT2D eigenvalue weighted by Gasteiger charge is 2.36. The second-order valence-electron chi connectivity index (χ2n) is 3.55. The van der Waals surface area contributed by atoms with Gasteiger partial charge in [-0.05, 0) is 17.7 Å². The van der Waals surface area contributed by atoms with Crippen molar-refractivity contribution in [3.8, 4) is 5.75 Å². The molecule has 0 spiro atoms. The lowest BCUT2D eigenvalue weighted by Gasteiger charge is -2.16. The average molecular weight is 245 g/mol. The molecule has 1 unspecified atom stereocenters. The van der Waals surface area contributed by atoms with Crippen LogP contribution in [0, 0.1) is 0 Å². The fourth-order valence-corrected chi connectivity index (χ4v) is 1.66. The quantitative estimate of drug-likeness (QED) is 0.802. The highest BCUT2D eigenvalue weighted by Crippen LogP contribution is 2.38. The Hall–Kier alpha value is -1.72. The van der Waals surface area contributed by atoms with Crippen molar-refractivity contribution in [3.05, 3.63) is 29.3 Å². The van der Waals surface area contributed by atoms with Gasteiger partial charge in [0.2, 0.25) is 0 Å². The number of nitrogens with zero attached hydrogens (tertiary/aromatic N) is 1. The van der Waals surface area contributed by atoms with Crippen LogP contribution in [0.3, 0.4) is 0 Å². The Morgan fingerprint density at radius 3 is 2.71 bits per heavy atom. The average Bonchev–Trinajstić information content (AvgIpc) is 2.80. The van der Waals surface area contributed by atoms with E-state index >= 15 is 0 Å². The molecule has 1 aliphatic heterocycles. The van der Waals surface area contributed by atoms with E-state index in [-0.39, 0.29) is 17.9 Å². The molecule has 1 aromatic rings. The third-order valence-electron chi connectivity index (χ3n) is 2.49. The van der Waals surface area contributed by atoms with Crippen LogP contribution >= 0.6 is 0 Å². The number of benzene rings is 1. The lowest BCUT2D eigenvalue weighted by molar-refractivity contribution is -0.138. The zero-order valence-electron chi connectivity index (χ0n) is 8.99. The van der Waals surface area contributed by atoms with E-state index in [2.05, 4.69) is 4.99 Å². The molecule has 6 heteroatoms. The van der Waals surface area contributed by atoms with Crippen molar-refractivity contribution in [2.75, 3.05) is 13.7 Å². The van der Waals surface area contributed by atoms with Gasteiger partial charge in [0.25, 0.3) is 0 Å². The summed E-state index contributed by atoms with van der Waals surface area (Å²) in [6.45, 7) is 0.134. The lowest BCUT2D eigenvalue weighted by atomic mass is 10.0. The molecule has 0 aromatic heterocycles. The number of rotatable bonds is 2. The summed E-state index contributed by atoms with van der Waals surface area (Å²) in [5.74, 6) is 0.170. The molecule has 0 radical (unpaired) electrons. The standard InChI is InChI=1S/C11H10F3NO2/c1-16-7-2-3-8(10-5-17-6-15-10)9(4-7)11(12,13)14/h2-4,6,10H,5H2,1H3. The van der Waals surface area contributed by atoms with Crippen molar-refractivity contribution in [2.24, 2.45) is 4.99 Å². The molecule has 3 nitrogen and oxygen atoms in total. The molecule has 0 aliphatic carbocycles. The molecule has 92 valence electrons. The first-order valence-corrected chi connectivity index (χ1v) is 4.91. The Kier molecular flexibility index (Phi) is 2.95. The summed E-state index contributed by atoms with van der Waals surface area (Å²) in [5.41, 5.74) is -0.628. The fourth-order valence-electron chi connectivity index (χ4n) is 1.66. The van der Waals surface area contributed by atoms with Crippen LogP contribution in [0.15, 0.2) is 23.2 Å². The van der Waals surface area contributed by atoms with Gasteiger partial charge in [0, 0.05) is 0 Å². The van der Waals surface area contributed by atoms with Crippen molar-refractivity contribution in [3.63, 3.8) is 0 Å². The van der Waals surface area contributed by atoms with E-state index in [9.17, 15) is 13.2 Å². The molecule has 0 saturated carbocycles. The summed E-state index contributed by atoms with van der Waals surface area (Å²) in [4.78, 5) is 3.85. The van der Waals surface area contributed by atoms with Gasteiger partial charge >= 0.3 is 6.18 Å². The maximum Gasteiger partial charge on any atom is 0.416 e. The van der Waals surface area contributed by atoms with Gasteiger partial charge in [-0.25, -0.2) is 4.99 Å². The molecule has 0 fully saturated rings. The smallest absolute Gasteiger partial charge is 0.416 e. The van der Waals surface area contributed by atoms with Crippen LogP contribution in [0.5, 0.6) is 5.75 Å². The third kappa shape index (κ3) is 2.35. The van der Waals surface area contributed by atoms with Gasteiger partial charge in [-0.3, -0.25) is 0 Å². The van der Waals surface area contributed by atoms with Gasteiger partial charge in [-0.1, -0.05) is 6.07 Å². The van der Waals surface area contributed by atoms with Crippen LogP contribution in [0.1, 0.15) is 17.2 Å². The normalized spacial score (nSPS) is 19.2. The van der Waals surface area contributed by atoms with Crippen LogP contribution in [-0.4, -0.2) is 20.1 Å². The molecule has 2 rings (SSSR count). The summed E-state index contributed by atoms with van der Waals surface area (Å²) >= 11 is 0. The number of aliphatic imine (C=N–C) groups is 1.